The van der Waals surface area contributed by atoms with Gasteiger partial charge in [0.05, 0.1) is 14.4 Å². The molecular weight excluding hydrogens is 304 g/mol. The first-order valence-electron chi connectivity index (χ1n) is 4.90. The summed E-state index contributed by atoms with van der Waals surface area (Å²) < 4.78 is 1.13. The van der Waals surface area contributed by atoms with Crippen molar-refractivity contribution in [2.24, 2.45) is 5.73 Å². The molecule has 0 amide bonds. The zero-order valence-corrected chi connectivity index (χ0v) is 12.6. The lowest BCUT2D eigenvalue weighted by molar-refractivity contribution is 0.562. The molecule has 2 heterocycles. The highest BCUT2D eigenvalue weighted by molar-refractivity contribution is 9.11. The topological polar surface area (TPSA) is 38.9 Å². The zero-order chi connectivity index (χ0) is 11.9. The van der Waals surface area contributed by atoms with E-state index in [4.69, 9.17) is 5.73 Å². The van der Waals surface area contributed by atoms with Gasteiger partial charge in [0, 0.05) is 10.4 Å². The van der Waals surface area contributed by atoms with E-state index in [1.165, 1.54) is 4.88 Å². The van der Waals surface area contributed by atoms with Crippen molar-refractivity contribution >= 4 is 38.6 Å². The van der Waals surface area contributed by atoms with Gasteiger partial charge in [-0.25, -0.2) is 4.98 Å². The summed E-state index contributed by atoms with van der Waals surface area (Å²) in [5, 5.41) is 1.06. The highest BCUT2D eigenvalue weighted by Crippen LogP contribution is 2.37. The molecule has 0 saturated carbocycles. The van der Waals surface area contributed by atoms with E-state index in [-0.39, 0.29) is 5.54 Å². The van der Waals surface area contributed by atoms with Crippen molar-refractivity contribution in [1.29, 1.82) is 0 Å². The maximum absolute atomic E-state index is 6.12. The Bertz CT molecular complexity index is 508. The molecule has 0 aliphatic carbocycles. The molecule has 2 rings (SSSR count). The standard InChI is InChI=1S/C11H13BrN2S2/c1-6-9(11(2,3)13)16-10(14-6)7-4-5-8(12)15-7/h4-5H,13H2,1-3H3. The predicted molar refractivity (Wildman–Crippen MR) is 75.1 cm³/mol. The summed E-state index contributed by atoms with van der Waals surface area (Å²) in [6, 6.07) is 4.13. The molecule has 16 heavy (non-hydrogen) atoms. The quantitative estimate of drug-likeness (QED) is 0.904. The molecule has 0 aliphatic heterocycles. The van der Waals surface area contributed by atoms with Crippen molar-refractivity contribution in [2.75, 3.05) is 0 Å². The number of hydrogen-bond donors (Lipinski definition) is 1. The number of halogens is 1. The molecule has 5 heteroatoms. The Balaban J connectivity index is 2.46. The van der Waals surface area contributed by atoms with Crippen LogP contribution in [0.25, 0.3) is 9.88 Å². The molecule has 0 spiro atoms. The Morgan fingerprint density at radius 3 is 2.44 bits per heavy atom. The number of hydrogen-bond acceptors (Lipinski definition) is 4. The van der Waals surface area contributed by atoms with Crippen LogP contribution in [0.2, 0.25) is 0 Å². The third-order valence-corrected chi connectivity index (χ3v) is 5.46. The van der Waals surface area contributed by atoms with Crippen LogP contribution in [-0.4, -0.2) is 4.98 Å². The second-order valence-electron chi connectivity index (χ2n) is 4.26. The fraction of sp³-hybridized carbons (Fsp3) is 0.364. The molecule has 2 aromatic rings. The molecule has 2 nitrogen and oxygen atoms in total. The van der Waals surface area contributed by atoms with E-state index in [1.54, 1.807) is 22.7 Å². The number of aryl methyl sites for hydroxylation is 1. The average molecular weight is 317 g/mol. The maximum Gasteiger partial charge on any atom is 0.133 e. The first-order chi connectivity index (χ1) is 7.38. The Morgan fingerprint density at radius 2 is 2.00 bits per heavy atom. The molecule has 0 aromatic carbocycles. The van der Waals surface area contributed by atoms with Crippen LogP contribution in [0.5, 0.6) is 0 Å². The van der Waals surface area contributed by atoms with Gasteiger partial charge >= 0.3 is 0 Å². The van der Waals surface area contributed by atoms with E-state index >= 15 is 0 Å². The summed E-state index contributed by atoms with van der Waals surface area (Å²) in [6.07, 6.45) is 0. The Kier molecular flexibility index (Phi) is 3.22. The van der Waals surface area contributed by atoms with E-state index in [1.807, 2.05) is 26.8 Å². The second kappa shape index (κ2) is 4.22. The number of aromatic nitrogens is 1. The molecule has 2 N–H and O–H groups in total. The Hall–Kier alpha value is -0.230. The summed E-state index contributed by atoms with van der Waals surface area (Å²) in [4.78, 5) is 6.94. The number of thiophene rings is 1. The lowest BCUT2D eigenvalue weighted by Gasteiger charge is -2.16. The lowest BCUT2D eigenvalue weighted by atomic mass is 10.0. The van der Waals surface area contributed by atoms with Crippen LogP contribution < -0.4 is 5.73 Å². The van der Waals surface area contributed by atoms with Gasteiger partial charge < -0.3 is 5.73 Å². The minimum atomic E-state index is -0.311. The molecule has 2 aromatic heterocycles. The minimum Gasteiger partial charge on any atom is -0.321 e. The van der Waals surface area contributed by atoms with Crippen molar-refractivity contribution in [3.8, 4) is 9.88 Å². The molecule has 0 atom stereocenters. The zero-order valence-electron chi connectivity index (χ0n) is 9.37. The lowest BCUT2D eigenvalue weighted by Crippen LogP contribution is -2.28. The number of thiazole rings is 1. The summed E-state index contributed by atoms with van der Waals surface area (Å²) in [6.45, 7) is 6.05. The third-order valence-electron chi connectivity index (χ3n) is 2.17. The van der Waals surface area contributed by atoms with Crippen LogP contribution in [-0.2, 0) is 5.54 Å². The average Bonchev–Trinajstić information content (AvgIpc) is 2.70. The molecule has 0 fully saturated rings. The third kappa shape index (κ3) is 2.37. The van der Waals surface area contributed by atoms with Gasteiger partial charge in [-0.15, -0.1) is 22.7 Å². The van der Waals surface area contributed by atoms with Gasteiger partial charge in [0.2, 0.25) is 0 Å². The molecule has 0 saturated heterocycles. The first kappa shape index (κ1) is 12.2. The molecule has 0 bridgehead atoms. The van der Waals surface area contributed by atoms with Crippen molar-refractivity contribution in [3.63, 3.8) is 0 Å². The summed E-state index contributed by atoms with van der Waals surface area (Å²) >= 11 is 6.85. The van der Waals surface area contributed by atoms with E-state index in [9.17, 15) is 0 Å². The summed E-state index contributed by atoms with van der Waals surface area (Å²) in [5.74, 6) is 0. The molecule has 0 unspecified atom stereocenters. The molecule has 86 valence electrons. The highest BCUT2D eigenvalue weighted by Gasteiger charge is 2.22. The van der Waals surface area contributed by atoms with Crippen LogP contribution in [0, 0.1) is 6.92 Å². The van der Waals surface area contributed by atoms with E-state index in [0.717, 1.165) is 19.4 Å². The maximum atomic E-state index is 6.12. The summed E-state index contributed by atoms with van der Waals surface area (Å²) in [5.41, 5.74) is 6.85. The van der Waals surface area contributed by atoms with E-state index in [0.29, 0.717) is 0 Å². The van der Waals surface area contributed by atoms with Gasteiger partial charge in [-0.1, -0.05) is 0 Å². The smallest absolute Gasteiger partial charge is 0.133 e. The normalized spacial score (nSPS) is 12.1. The van der Waals surface area contributed by atoms with E-state index < -0.39 is 0 Å². The Labute approximate surface area is 112 Å². The Morgan fingerprint density at radius 1 is 1.31 bits per heavy atom. The van der Waals surface area contributed by atoms with Gasteiger partial charge in [-0.2, -0.15) is 0 Å². The van der Waals surface area contributed by atoms with Gasteiger partial charge in [0.15, 0.2) is 0 Å². The van der Waals surface area contributed by atoms with Crippen molar-refractivity contribution < 1.29 is 0 Å². The van der Waals surface area contributed by atoms with Gasteiger partial charge in [0.25, 0.3) is 0 Å². The molecule has 0 radical (unpaired) electrons. The number of nitrogens with two attached hydrogens (primary N) is 1. The fourth-order valence-corrected chi connectivity index (χ4v) is 4.05. The second-order valence-corrected chi connectivity index (χ2v) is 7.72. The van der Waals surface area contributed by atoms with E-state index in [2.05, 4.69) is 27.0 Å². The van der Waals surface area contributed by atoms with Crippen molar-refractivity contribution in [2.45, 2.75) is 26.3 Å². The predicted octanol–water partition coefficient (Wildman–Crippen LogP) is 4.14. The number of nitrogens with zero attached hydrogens (tertiary/aromatic N) is 1. The van der Waals surface area contributed by atoms with Gasteiger partial charge in [-0.05, 0) is 48.8 Å². The number of rotatable bonds is 2. The monoisotopic (exact) mass is 316 g/mol. The molecule has 0 aliphatic rings. The van der Waals surface area contributed by atoms with Crippen molar-refractivity contribution in [3.05, 3.63) is 26.5 Å². The van der Waals surface area contributed by atoms with Crippen LogP contribution in [0.1, 0.15) is 24.4 Å². The highest BCUT2D eigenvalue weighted by atomic mass is 79.9. The fourth-order valence-electron chi connectivity index (χ4n) is 1.53. The largest absolute Gasteiger partial charge is 0.321 e. The van der Waals surface area contributed by atoms with Crippen LogP contribution >= 0.6 is 38.6 Å². The van der Waals surface area contributed by atoms with Crippen LogP contribution in [0.4, 0.5) is 0 Å². The first-order valence-corrected chi connectivity index (χ1v) is 7.33. The summed E-state index contributed by atoms with van der Waals surface area (Å²) in [7, 11) is 0. The van der Waals surface area contributed by atoms with Crippen molar-refractivity contribution in [1.82, 2.24) is 4.98 Å². The van der Waals surface area contributed by atoms with Gasteiger partial charge in [0.1, 0.15) is 5.01 Å². The SMILES string of the molecule is Cc1nc(-c2ccc(Br)s2)sc1C(C)(C)N. The molecular formula is C11H13BrN2S2. The van der Waals surface area contributed by atoms with Crippen LogP contribution in [0.3, 0.4) is 0 Å². The minimum absolute atomic E-state index is 0.311. The van der Waals surface area contributed by atoms with Gasteiger partial charge in [-0.3, -0.25) is 0 Å². The van der Waals surface area contributed by atoms with Crippen LogP contribution in [0.15, 0.2) is 15.9 Å².